The van der Waals surface area contributed by atoms with E-state index in [0.717, 1.165) is 94.2 Å². The molecule has 79 heavy (non-hydrogen) atoms. The van der Waals surface area contributed by atoms with Gasteiger partial charge in [-0.1, -0.05) is 207 Å². The Morgan fingerprint density at radius 3 is 1.19 bits per heavy atom. The van der Waals surface area contributed by atoms with E-state index in [2.05, 4.69) is 289 Å². The van der Waals surface area contributed by atoms with E-state index < -0.39 is 8.56 Å². The van der Waals surface area contributed by atoms with Gasteiger partial charge in [0.2, 0.25) is 11.9 Å². The van der Waals surface area contributed by atoms with E-state index >= 15 is 0 Å². The van der Waals surface area contributed by atoms with Crippen LogP contribution in [-0.4, -0.2) is 41.1 Å². The summed E-state index contributed by atoms with van der Waals surface area (Å²) in [6.45, 7) is 5.10. The lowest BCUT2D eigenvalue weighted by Crippen LogP contribution is -2.72. The second-order valence-electron chi connectivity index (χ2n) is 20.4. The summed E-state index contributed by atoms with van der Waals surface area (Å²) < 4.78 is 12.4. The van der Waals surface area contributed by atoms with Crippen LogP contribution in [0.5, 0.6) is 0 Å². The molecule has 0 amide bonds. The van der Waals surface area contributed by atoms with Crippen LogP contribution in [0.3, 0.4) is 0 Å². The molecule has 0 aliphatic carbocycles. The van der Waals surface area contributed by atoms with Crippen molar-refractivity contribution in [3.8, 4) is 23.3 Å². The molecule has 5 aromatic heterocycles. The van der Waals surface area contributed by atoms with Crippen LogP contribution in [0.25, 0.3) is 111 Å². The molecule has 0 fully saturated rings. The predicted molar refractivity (Wildman–Crippen MR) is 329 cm³/mol. The smallest absolute Gasteiger partial charge is 0.330 e. The summed E-state index contributed by atoms with van der Waals surface area (Å²) in [5.74, 6) is 1.60. The van der Waals surface area contributed by atoms with E-state index in [9.17, 15) is 0 Å². The molecule has 10 aromatic carbocycles. The first-order valence-corrected chi connectivity index (χ1v) is 28.7. The predicted octanol–water partition coefficient (Wildman–Crippen LogP) is 15.9. The van der Waals surface area contributed by atoms with Crippen molar-refractivity contribution in [2.75, 3.05) is 4.57 Å². The Balaban J connectivity index is 1.08. The van der Waals surface area contributed by atoms with Crippen molar-refractivity contribution < 1.29 is 0 Å². The maximum absolute atomic E-state index is 5.65. The lowest BCUT2D eigenvalue weighted by Gasteiger charge is -2.47. The number of hydrogen-bond donors (Lipinski definition) is 0. The highest BCUT2D eigenvalue weighted by Gasteiger charge is 2.53. The molecule has 0 atom stereocenters. The second-order valence-corrected chi connectivity index (χ2v) is 23.6. The Morgan fingerprint density at radius 1 is 0.367 bits per heavy atom. The van der Waals surface area contributed by atoms with E-state index in [1.165, 1.54) is 27.1 Å². The SMILES string of the molecule is C=C1/C=C\C=C/Cc2ccccc2N1[Si](c1cccc(-c2nc(-n3c4ccccc4c4ccccc43)nc(-n3c4ccccc4c4ccccc43)n2)c1)(n1c2ccccc2c2ccccc21)n1c2ccccc2c2ccccc21. The molecule has 16 rings (SSSR count). The number of para-hydroxylation sites is 9. The van der Waals surface area contributed by atoms with Crippen LogP contribution in [0, 0.1) is 0 Å². The van der Waals surface area contributed by atoms with Gasteiger partial charge < -0.3 is 13.0 Å². The average molecular weight is 1030 g/mol. The van der Waals surface area contributed by atoms with Crippen molar-refractivity contribution in [3.05, 3.63) is 285 Å². The fraction of sp³-hybridized carbons (Fsp3) is 0.0143. The molecule has 372 valence electrons. The van der Waals surface area contributed by atoms with Gasteiger partial charge >= 0.3 is 8.56 Å². The molecule has 0 unspecified atom stereocenters. The third kappa shape index (κ3) is 6.57. The molecule has 1 aliphatic heterocycles. The lowest BCUT2D eigenvalue weighted by molar-refractivity contribution is 0.893. The van der Waals surface area contributed by atoms with E-state index in [-0.39, 0.29) is 0 Å². The molecule has 0 radical (unpaired) electrons. The number of anilines is 1. The third-order valence-electron chi connectivity index (χ3n) is 16.2. The van der Waals surface area contributed by atoms with Crippen molar-refractivity contribution in [2.45, 2.75) is 6.42 Å². The second kappa shape index (κ2) is 17.6. The number of nitrogens with zero attached hydrogens (tertiary/aromatic N) is 8. The summed E-state index contributed by atoms with van der Waals surface area (Å²) >= 11 is 0. The zero-order valence-corrected chi connectivity index (χ0v) is 43.9. The van der Waals surface area contributed by atoms with Crippen LogP contribution < -0.4 is 9.75 Å². The maximum atomic E-state index is 5.65. The normalized spacial score (nSPS) is 14.0. The van der Waals surface area contributed by atoms with Crippen LogP contribution in [0.4, 0.5) is 5.69 Å². The molecule has 0 saturated carbocycles. The summed E-state index contributed by atoms with van der Waals surface area (Å²) in [4.78, 5) is 16.8. The molecule has 6 heterocycles. The van der Waals surface area contributed by atoms with E-state index in [4.69, 9.17) is 21.5 Å². The Bertz CT molecular complexity index is 4610. The zero-order valence-electron chi connectivity index (χ0n) is 42.9. The first kappa shape index (κ1) is 44.9. The van der Waals surface area contributed by atoms with Gasteiger partial charge in [-0.2, -0.15) is 15.0 Å². The number of rotatable bonds is 7. The summed E-state index contributed by atoms with van der Waals surface area (Å²) in [6, 6.07) is 87.9. The van der Waals surface area contributed by atoms with Crippen molar-refractivity contribution in [1.29, 1.82) is 0 Å². The van der Waals surface area contributed by atoms with Crippen LogP contribution in [-0.2, 0) is 6.42 Å². The van der Waals surface area contributed by atoms with E-state index in [0.29, 0.717) is 17.7 Å². The van der Waals surface area contributed by atoms with Gasteiger partial charge in [-0.25, -0.2) is 0 Å². The van der Waals surface area contributed by atoms with Gasteiger partial charge in [-0.3, -0.25) is 9.13 Å². The molecule has 0 saturated heterocycles. The highest BCUT2D eigenvalue weighted by Crippen LogP contribution is 2.43. The quantitative estimate of drug-likeness (QED) is 0.149. The first-order chi connectivity index (χ1) is 39.1. The summed E-state index contributed by atoms with van der Waals surface area (Å²) in [7, 11) is -4.00. The molecular weight excluding hydrogens is 981 g/mol. The molecule has 8 nitrogen and oxygen atoms in total. The van der Waals surface area contributed by atoms with Gasteiger partial charge in [0.15, 0.2) is 5.82 Å². The molecule has 15 aromatic rings. The molecule has 9 heteroatoms. The van der Waals surface area contributed by atoms with Gasteiger partial charge in [0.05, 0.1) is 22.1 Å². The number of benzene rings is 10. The standard InChI is InChI=1S/C70H48N8Si/c1-47-24-3-2-4-25-48-26-5-14-37-59(48)76(47)79(77-64-42-19-10-33-55(64)56-34-11-20-43-65(56)77,78-66-44-21-12-35-57(66)58-36-13-22-45-67(58)78)50-28-23-27-49(46-50)68-71-69(74-60-38-15-6-29-51(60)52-30-7-16-39-61(52)74)73-70(72-68)75-62-40-17-8-31-53(62)54-32-9-18-41-63(54)75/h2-24,26-46H,1,25H2/b4-2-,24-3-. The van der Waals surface area contributed by atoms with Gasteiger partial charge in [-0.15, -0.1) is 0 Å². The highest BCUT2D eigenvalue weighted by molar-refractivity contribution is 6.95. The minimum atomic E-state index is -4.00. The number of hydrogen-bond acceptors (Lipinski definition) is 4. The first-order valence-electron chi connectivity index (χ1n) is 26.9. The van der Waals surface area contributed by atoms with Crippen molar-refractivity contribution >= 4 is 107 Å². The van der Waals surface area contributed by atoms with Gasteiger partial charge in [0.1, 0.15) is 0 Å². The zero-order chi connectivity index (χ0) is 52.2. The van der Waals surface area contributed by atoms with Gasteiger partial charge in [-0.05, 0) is 78.7 Å². The van der Waals surface area contributed by atoms with Crippen molar-refractivity contribution in [2.24, 2.45) is 0 Å². The van der Waals surface area contributed by atoms with Crippen LogP contribution >= 0.6 is 0 Å². The third-order valence-corrected chi connectivity index (χ3v) is 20.6. The van der Waals surface area contributed by atoms with E-state index in [1.807, 2.05) is 0 Å². The Kier molecular flexibility index (Phi) is 10.0. The topological polar surface area (TPSA) is 61.6 Å². The Labute approximate surface area is 455 Å². The summed E-state index contributed by atoms with van der Waals surface area (Å²) in [5, 5.41) is 10.3. The molecule has 0 bridgehead atoms. The monoisotopic (exact) mass is 1030 g/mol. The van der Waals surface area contributed by atoms with Crippen LogP contribution in [0.2, 0.25) is 0 Å². The fourth-order valence-electron chi connectivity index (χ4n) is 13.0. The highest BCUT2D eigenvalue weighted by atomic mass is 28.4. The summed E-state index contributed by atoms with van der Waals surface area (Å²) in [5.41, 5.74) is 12.5. The molecule has 0 N–H and O–H groups in total. The molecule has 1 aliphatic rings. The summed E-state index contributed by atoms with van der Waals surface area (Å²) in [6.07, 6.45) is 9.47. The van der Waals surface area contributed by atoms with Crippen molar-refractivity contribution in [1.82, 2.24) is 32.6 Å². The van der Waals surface area contributed by atoms with Crippen LogP contribution in [0.15, 0.2) is 279 Å². The van der Waals surface area contributed by atoms with E-state index in [1.54, 1.807) is 0 Å². The number of allylic oxidation sites excluding steroid dienone is 4. The largest absolute Gasteiger partial charge is 0.428 e. The average Bonchev–Trinajstić information content (AvgIpc) is 4.46. The van der Waals surface area contributed by atoms with Gasteiger partial charge in [0.25, 0.3) is 0 Å². The molecular formula is C70H48N8Si. The minimum absolute atomic E-state index is 0.526. The van der Waals surface area contributed by atoms with Crippen LogP contribution in [0.1, 0.15) is 5.56 Å². The van der Waals surface area contributed by atoms with Gasteiger partial charge in [0, 0.05) is 87.3 Å². The molecule has 0 spiro atoms. The minimum Gasteiger partial charge on any atom is -0.330 e. The van der Waals surface area contributed by atoms with Crippen molar-refractivity contribution in [3.63, 3.8) is 0 Å². The Morgan fingerprint density at radius 2 is 0.747 bits per heavy atom. The number of fused-ring (bicyclic) bond motifs is 13. The number of aromatic nitrogens is 7. The maximum Gasteiger partial charge on any atom is 0.428 e. The fourth-order valence-corrected chi connectivity index (χ4v) is 18.2. The Hall–Kier alpha value is -10.4. The lowest BCUT2D eigenvalue weighted by atomic mass is 10.1.